The van der Waals surface area contributed by atoms with Gasteiger partial charge >= 0.3 is 0 Å². The predicted molar refractivity (Wildman–Crippen MR) is 80.0 cm³/mol. The first kappa shape index (κ1) is 14.9. The zero-order chi connectivity index (χ0) is 14.8. The second kappa shape index (κ2) is 5.83. The van der Waals surface area contributed by atoms with E-state index in [1.807, 2.05) is 0 Å². The van der Waals surface area contributed by atoms with Gasteiger partial charge in [-0.1, -0.05) is 13.0 Å². The number of nitrogens with zero attached hydrogens (tertiary/aromatic N) is 1. The summed E-state index contributed by atoms with van der Waals surface area (Å²) in [5.74, 6) is 0.0710. The molecule has 1 aromatic carbocycles. The monoisotopic (exact) mass is 276 g/mol. The SMILES string of the molecule is Cc1c(O)cccc1C(=O)NCC1(C)CCN(C)CC1. The Morgan fingerprint density at radius 2 is 2.05 bits per heavy atom. The molecule has 0 aromatic heterocycles. The van der Waals surface area contributed by atoms with Crippen LogP contribution in [0.4, 0.5) is 0 Å². The van der Waals surface area contributed by atoms with Crippen LogP contribution in [-0.4, -0.2) is 42.6 Å². The minimum atomic E-state index is -0.0986. The number of phenols is 1. The van der Waals surface area contributed by atoms with Crippen molar-refractivity contribution in [2.24, 2.45) is 5.41 Å². The molecule has 0 saturated carbocycles. The normalized spacial score (nSPS) is 18.8. The summed E-state index contributed by atoms with van der Waals surface area (Å²) in [6, 6.07) is 5.06. The van der Waals surface area contributed by atoms with Gasteiger partial charge in [0.2, 0.25) is 0 Å². The summed E-state index contributed by atoms with van der Waals surface area (Å²) in [4.78, 5) is 14.6. The lowest BCUT2D eigenvalue weighted by Crippen LogP contribution is -2.43. The van der Waals surface area contributed by atoms with Crippen molar-refractivity contribution in [1.29, 1.82) is 0 Å². The number of amides is 1. The molecule has 1 heterocycles. The first-order valence-electron chi connectivity index (χ1n) is 7.17. The van der Waals surface area contributed by atoms with E-state index >= 15 is 0 Å². The third-order valence-corrected chi connectivity index (χ3v) is 4.42. The Morgan fingerprint density at radius 1 is 1.40 bits per heavy atom. The number of hydrogen-bond acceptors (Lipinski definition) is 3. The molecule has 20 heavy (non-hydrogen) atoms. The number of nitrogens with one attached hydrogen (secondary N) is 1. The molecule has 1 saturated heterocycles. The van der Waals surface area contributed by atoms with Gasteiger partial charge in [-0.3, -0.25) is 4.79 Å². The molecule has 2 rings (SSSR count). The molecule has 1 aliphatic heterocycles. The van der Waals surface area contributed by atoms with Crippen LogP contribution in [0.1, 0.15) is 35.7 Å². The molecular formula is C16H24N2O2. The predicted octanol–water partition coefficient (Wildman–Crippen LogP) is 2.16. The summed E-state index contributed by atoms with van der Waals surface area (Å²) < 4.78 is 0. The molecule has 4 nitrogen and oxygen atoms in total. The standard InChI is InChI=1S/C16H24N2O2/c1-12-13(5-4-6-14(12)19)15(20)17-11-16(2)7-9-18(3)10-8-16/h4-6,19H,7-11H2,1-3H3,(H,17,20). The van der Waals surface area contributed by atoms with E-state index in [4.69, 9.17) is 0 Å². The van der Waals surface area contributed by atoms with Gasteiger partial charge in [-0.05, 0) is 57.5 Å². The Hall–Kier alpha value is -1.55. The van der Waals surface area contributed by atoms with Crippen LogP contribution in [0.15, 0.2) is 18.2 Å². The van der Waals surface area contributed by atoms with Crippen molar-refractivity contribution >= 4 is 5.91 Å². The third-order valence-electron chi connectivity index (χ3n) is 4.42. The molecule has 0 aliphatic carbocycles. The molecule has 0 bridgehead atoms. The first-order valence-corrected chi connectivity index (χ1v) is 7.17. The number of benzene rings is 1. The first-order chi connectivity index (χ1) is 9.41. The topological polar surface area (TPSA) is 52.6 Å². The molecule has 1 fully saturated rings. The lowest BCUT2D eigenvalue weighted by molar-refractivity contribution is 0.0890. The molecule has 0 atom stereocenters. The van der Waals surface area contributed by atoms with Crippen LogP contribution in [0.25, 0.3) is 0 Å². The fourth-order valence-corrected chi connectivity index (χ4v) is 2.59. The van der Waals surface area contributed by atoms with Gasteiger partial charge in [-0.15, -0.1) is 0 Å². The van der Waals surface area contributed by atoms with E-state index in [0.717, 1.165) is 25.9 Å². The van der Waals surface area contributed by atoms with Gasteiger partial charge in [-0.2, -0.15) is 0 Å². The van der Waals surface area contributed by atoms with Crippen LogP contribution in [0, 0.1) is 12.3 Å². The molecule has 0 radical (unpaired) electrons. The molecule has 1 aliphatic rings. The number of rotatable bonds is 3. The Balaban J connectivity index is 1.97. The number of hydrogen-bond donors (Lipinski definition) is 2. The number of piperidine rings is 1. The van der Waals surface area contributed by atoms with E-state index in [0.29, 0.717) is 17.7 Å². The Kier molecular flexibility index (Phi) is 4.33. The average molecular weight is 276 g/mol. The molecular weight excluding hydrogens is 252 g/mol. The summed E-state index contributed by atoms with van der Waals surface area (Å²) in [6.45, 7) is 6.85. The van der Waals surface area contributed by atoms with Crippen LogP contribution in [0.5, 0.6) is 5.75 Å². The van der Waals surface area contributed by atoms with Crippen molar-refractivity contribution in [1.82, 2.24) is 10.2 Å². The van der Waals surface area contributed by atoms with Crippen LogP contribution in [-0.2, 0) is 0 Å². The minimum Gasteiger partial charge on any atom is -0.508 e. The van der Waals surface area contributed by atoms with Crippen molar-refractivity contribution in [3.05, 3.63) is 29.3 Å². The van der Waals surface area contributed by atoms with Crippen molar-refractivity contribution < 1.29 is 9.90 Å². The second-order valence-corrected chi connectivity index (χ2v) is 6.25. The third kappa shape index (κ3) is 3.31. The molecule has 2 N–H and O–H groups in total. The summed E-state index contributed by atoms with van der Waals surface area (Å²) >= 11 is 0. The molecule has 0 unspecified atom stereocenters. The Bertz CT molecular complexity index is 491. The van der Waals surface area contributed by atoms with Crippen molar-refractivity contribution in [2.75, 3.05) is 26.7 Å². The van der Waals surface area contributed by atoms with Gasteiger partial charge in [0.25, 0.3) is 5.91 Å². The Morgan fingerprint density at radius 3 is 2.70 bits per heavy atom. The maximum atomic E-state index is 12.2. The van der Waals surface area contributed by atoms with Gasteiger partial charge in [0.15, 0.2) is 0 Å². The Labute approximate surface area is 120 Å². The van der Waals surface area contributed by atoms with E-state index in [-0.39, 0.29) is 17.1 Å². The van der Waals surface area contributed by atoms with Crippen molar-refractivity contribution in [2.45, 2.75) is 26.7 Å². The van der Waals surface area contributed by atoms with E-state index in [2.05, 4.69) is 24.2 Å². The zero-order valence-corrected chi connectivity index (χ0v) is 12.6. The molecule has 1 aromatic rings. The maximum Gasteiger partial charge on any atom is 0.251 e. The van der Waals surface area contributed by atoms with E-state index in [9.17, 15) is 9.90 Å². The largest absolute Gasteiger partial charge is 0.508 e. The summed E-state index contributed by atoms with van der Waals surface area (Å²) in [5, 5.41) is 12.7. The molecule has 0 spiro atoms. The van der Waals surface area contributed by atoms with Gasteiger partial charge in [0.1, 0.15) is 5.75 Å². The lowest BCUT2D eigenvalue weighted by Gasteiger charge is -2.38. The fourth-order valence-electron chi connectivity index (χ4n) is 2.59. The van der Waals surface area contributed by atoms with E-state index in [1.54, 1.807) is 25.1 Å². The molecule has 1 amide bonds. The molecule has 4 heteroatoms. The van der Waals surface area contributed by atoms with E-state index in [1.165, 1.54) is 0 Å². The second-order valence-electron chi connectivity index (χ2n) is 6.25. The van der Waals surface area contributed by atoms with Crippen LogP contribution >= 0.6 is 0 Å². The number of phenolic OH excluding ortho intramolecular Hbond substituents is 1. The van der Waals surface area contributed by atoms with Crippen LogP contribution < -0.4 is 5.32 Å². The van der Waals surface area contributed by atoms with Crippen LogP contribution in [0.2, 0.25) is 0 Å². The minimum absolute atomic E-state index is 0.0986. The van der Waals surface area contributed by atoms with Gasteiger partial charge in [0.05, 0.1) is 0 Å². The highest BCUT2D eigenvalue weighted by molar-refractivity contribution is 5.96. The average Bonchev–Trinajstić information content (AvgIpc) is 2.43. The zero-order valence-electron chi connectivity index (χ0n) is 12.6. The smallest absolute Gasteiger partial charge is 0.251 e. The number of likely N-dealkylation sites (tertiary alicyclic amines) is 1. The summed E-state index contributed by atoms with van der Waals surface area (Å²) in [5.41, 5.74) is 1.37. The van der Waals surface area contributed by atoms with Crippen molar-refractivity contribution in [3.8, 4) is 5.75 Å². The van der Waals surface area contributed by atoms with Gasteiger partial charge in [0, 0.05) is 17.7 Å². The van der Waals surface area contributed by atoms with Crippen LogP contribution in [0.3, 0.4) is 0 Å². The fraction of sp³-hybridized carbons (Fsp3) is 0.562. The highest BCUT2D eigenvalue weighted by Gasteiger charge is 2.29. The number of carbonyl (C=O) groups excluding carboxylic acids is 1. The quantitative estimate of drug-likeness (QED) is 0.889. The molecule has 110 valence electrons. The number of carbonyl (C=O) groups is 1. The highest BCUT2D eigenvalue weighted by Crippen LogP contribution is 2.29. The van der Waals surface area contributed by atoms with Gasteiger partial charge < -0.3 is 15.3 Å². The highest BCUT2D eigenvalue weighted by atomic mass is 16.3. The van der Waals surface area contributed by atoms with Gasteiger partial charge in [-0.25, -0.2) is 0 Å². The summed E-state index contributed by atoms with van der Waals surface area (Å²) in [6.07, 6.45) is 2.20. The van der Waals surface area contributed by atoms with E-state index < -0.39 is 0 Å². The summed E-state index contributed by atoms with van der Waals surface area (Å²) in [7, 11) is 2.13. The maximum absolute atomic E-state index is 12.2. The van der Waals surface area contributed by atoms with Crippen molar-refractivity contribution in [3.63, 3.8) is 0 Å². The number of aromatic hydroxyl groups is 1. The lowest BCUT2D eigenvalue weighted by atomic mass is 9.80.